The van der Waals surface area contributed by atoms with Crippen LogP contribution in [0, 0.1) is 0 Å². The Kier molecular flexibility index (Phi) is 6.51. The first-order valence-corrected chi connectivity index (χ1v) is 6.13. The predicted molar refractivity (Wildman–Crippen MR) is 75.8 cm³/mol. The molecule has 1 aromatic carbocycles. The average molecular weight is 320 g/mol. The minimum Gasteiger partial charge on any atom is -0.435 e. The van der Waals surface area contributed by atoms with Gasteiger partial charge in [-0.3, -0.25) is 0 Å². The van der Waals surface area contributed by atoms with Gasteiger partial charge in [-0.05, 0) is 32.2 Å². The van der Waals surface area contributed by atoms with Gasteiger partial charge in [-0.2, -0.15) is 13.8 Å². The van der Waals surface area contributed by atoms with E-state index in [-0.39, 0.29) is 30.1 Å². The molecule has 0 radical (unpaired) electrons. The fourth-order valence-corrected chi connectivity index (χ4v) is 1.64. The minimum atomic E-state index is -2.86. The molecule has 0 aliphatic carbocycles. The Balaban J connectivity index is 0.00000220. The summed E-state index contributed by atoms with van der Waals surface area (Å²) in [5.74, 6) is 0.894. The van der Waals surface area contributed by atoms with Crippen molar-refractivity contribution in [2.75, 3.05) is 7.05 Å². The molecule has 5 nitrogen and oxygen atoms in total. The van der Waals surface area contributed by atoms with Crippen molar-refractivity contribution in [3.63, 3.8) is 0 Å². The number of hydrogen-bond donors (Lipinski definition) is 1. The highest BCUT2D eigenvalue weighted by Gasteiger charge is 2.12. The number of aromatic nitrogens is 2. The zero-order chi connectivity index (χ0) is 14.5. The van der Waals surface area contributed by atoms with Gasteiger partial charge in [0.1, 0.15) is 5.75 Å². The smallest absolute Gasteiger partial charge is 0.387 e. The molecule has 0 saturated carbocycles. The van der Waals surface area contributed by atoms with Crippen LogP contribution in [0.3, 0.4) is 0 Å². The van der Waals surface area contributed by atoms with Crippen LogP contribution >= 0.6 is 12.4 Å². The zero-order valence-electron chi connectivity index (χ0n) is 11.5. The van der Waals surface area contributed by atoms with Crippen LogP contribution in [0.2, 0.25) is 0 Å². The number of halogens is 3. The van der Waals surface area contributed by atoms with Crippen molar-refractivity contribution in [1.29, 1.82) is 0 Å². The Hall–Kier alpha value is -1.73. The van der Waals surface area contributed by atoms with Crippen LogP contribution in [0.4, 0.5) is 8.78 Å². The molecule has 1 aromatic heterocycles. The summed E-state index contributed by atoms with van der Waals surface area (Å²) < 4.78 is 33.8. The number of likely N-dealkylation sites (N-methyl/N-ethyl adjacent to an activating group) is 1. The van der Waals surface area contributed by atoms with Gasteiger partial charge in [0.25, 0.3) is 5.89 Å². The molecule has 1 heterocycles. The maximum atomic E-state index is 12.2. The van der Waals surface area contributed by atoms with Gasteiger partial charge in [0.2, 0.25) is 0 Å². The maximum absolute atomic E-state index is 12.2. The molecule has 0 spiro atoms. The van der Waals surface area contributed by atoms with Crippen molar-refractivity contribution in [3.05, 3.63) is 30.1 Å². The van der Waals surface area contributed by atoms with E-state index in [1.807, 2.05) is 14.0 Å². The Labute approximate surface area is 127 Å². The highest BCUT2D eigenvalue weighted by atomic mass is 35.5. The van der Waals surface area contributed by atoms with E-state index in [9.17, 15) is 8.78 Å². The fraction of sp³-hybridized carbons (Fsp3) is 0.385. The molecule has 0 aliphatic heterocycles. The van der Waals surface area contributed by atoms with Crippen molar-refractivity contribution in [3.8, 4) is 17.2 Å². The third-order valence-electron chi connectivity index (χ3n) is 2.76. The van der Waals surface area contributed by atoms with Crippen LogP contribution in [0.25, 0.3) is 11.5 Å². The van der Waals surface area contributed by atoms with Crippen LogP contribution in [0.15, 0.2) is 28.8 Å². The van der Waals surface area contributed by atoms with Crippen molar-refractivity contribution >= 4 is 12.4 Å². The van der Waals surface area contributed by atoms with E-state index >= 15 is 0 Å². The largest absolute Gasteiger partial charge is 0.435 e. The SMILES string of the molecule is CNC(C)Cc1noc(-c2cccc(OC(F)F)c2)n1.Cl. The van der Waals surface area contributed by atoms with Gasteiger partial charge in [-0.15, -0.1) is 12.4 Å². The van der Waals surface area contributed by atoms with Gasteiger partial charge in [0.05, 0.1) is 0 Å². The van der Waals surface area contributed by atoms with Crippen molar-refractivity contribution < 1.29 is 18.0 Å². The van der Waals surface area contributed by atoms with Gasteiger partial charge in [0, 0.05) is 18.0 Å². The average Bonchev–Trinajstić information content (AvgIpc) is 2.86. The summed E-state index contributed by atoms with van der Waals surface area (Å²) >= 11 is 0. The molecule has 0 bridgehead atoms. The zero-order valence-corrected chi connectivity index (χ0v) is 12.4. The van der Waals surface area contributed by atoms with Crippen LogP contribution in [0.1, 0.15) is 12.7 Å². The van der Waals surface area contributed by atoms with E-state index in [1.165, 1.54) is 12.1 Å². The Morgan fingerprint density at radius 3 is 2.81 bits per heavy atom. The second-order valence-electron chi connectivity index (χ2n) is 4.32. The number of nitrogens with one attached hydrogen (secondary N) is 1. The van der Waals surface area contributed by atoms with Gasteiger partial charge >= 0.3 is 6.61 Å². The molecule has 0 fully saturated rings. The van der Waals surface area contributed by atoms with Gasteiger partial charge < -0.3 is 14.6 Å². The normalized spacial score (nSPS) is 12.0. The van der Waals surface area contributed by atoms with Crippen molar-refractivity contribution in [1.82, 2.24) is 15.5 Å². The van der Waals surface area contributed by atoms with Gasteiger partial charge in [0.15, 0.2) is 5.82 Å². The third kappa shape index (κ3) is 4.95. The molecule has 1 N–H and O–H groups in total. The minimum absolute atomic E-state index is 0. The Morgan fingerprint density at radius 1 is 1.38 bits per heavy atom. The second-order valence-corrected chi connectivity index (χ2v) is 4.32. The number of ether oxygens (including phenoxy) is 1. The van der Waals surface area contributed by atoms with Crippen LogP contribution < -0.4 is 10.1 Å². The van der Waals surface area contributed by atoms with E-state index < -0.39 is 6.61 Å². The summed E-state index contributed by atoms with van der Waals surface area (Å²) in [7, 11) is 1.84. The lowest BCUT2D eigenvalue weighted by Crippen LogP contribution is -2.24. The number of hydrogen-bond acceptors (Lipinski definition) is 5. The van der Waals surface area contributed by atoms with Crippen LogP contribution in [-0.2, 0) is 6.42 Å². The topological polar surface area (TPSA) is 60.2 Å². The summed E-state index contributed by atoms with van der Waals surface area (Å²) in [5.41, 5.74) is 0.541. The summed E-state index contributed by atoms with van der Waals surface area (Å²) in [6, 6.07) is 6.37. The van der Waals surface area contributed by atoms with Crippen LogP contribution in [-0.4, -0.2) is 29.8 Å². The molecule has 0 amide bonds. The number of alkyl halides is 2. The highest BCUT2D eigenvalue weighted by Crippen LogP contribution is 2.23. The number of benzene rings is 1. The molecule has 116 valence electrons. The molecule has 0 aliphatic rings. The van der Waals surface area contributed by atoms with Crippen molar-refractivity contribution in [2.45, 2.75) is 26.0 Å². The number of rotatable bonds is 6. The summed E-state index contributed by atoms with van der Waals surface area (Å²) in [6.45, 7) is -0.868. The van der Waals surface area contributed by atoms with E-state index in [0.717, 1.165) is 0 Å². The molecular weight excluding hydrogens is 304 g/mol. The lowest BCUT2D eigenvalue weighted by atomic mass is 10.2. The Bertz CT molecular complexity index is 566. The van der Waals surface area contributed by atoms with E-state index in [2.05, 4.69) is 20.2 Å². The van der Waals surface area contributed by atoms with Crippen LogP contribution in [0.5, 0.6) is 5.75 Å². The molecular formula is C13H16ClF2N3O2. The standard InChI is InChI=1S/C13H15F2N3O2.ClH/c1-8(16-2)6-11-17-12(20-18-11)9-4-3-5-10(7-9)19-13(14)15;/h3-5,7-8,13,16H,6H2,1-2H3;1H. The third-order valence-corrected chi connectivity index (χ3v) is 2.76. The predicted octanol–water partition coefficient (Wildman–Crippen LogP) is 2.91. The second kappa shape index (κ2) is 7.90. The van der Waals surface area contributed by atoms with Gasteiger partial charge in [-0.25, -0.2) is 0 Å². The summed E-state index contributed by atoms with van der Waals surface area (Å²) in [6.07, 6.45) is 0.618. The molecule has 1 unspecified atom stereocenters. The molecule has 2 aromatic rings. The molecule has 1 atom stereocenters. The molecule has 0 saturated heterocycles. The highest BCUT2D eigenvalue weighted by molar-refractivity contribution is 5.85. The monoisotopic (exact) mass is 319 g/mol. The number of nitrogens with zero attached hydrogens (tertiary/aromatic N) is 2. The molecule has 21 heavy (non-hydrogen) atoms. The molecule has 8 heteroatoms. The van der Waals surface area contributed by atoms with E-state index in [1.54, 1.807) is 12.1 Å². The first-order chi connectivity index (χ1) is 9.58. The molecule has 2 rings (SSSR count). The van der Waals surface area contributed by atoms with E-state index in [4.69, 9.17) is 4.52 Å². The van der Waals surface area contributed by atoms with Crippen molar-refractivity contribution in [2.24, 2.45) is 0 Å². The first kappa shape index (κ1) is 17.3. The van der Waals surface area contributed by atoms with E-state index in [0.29, 0.717) is 17.8 Å². The lowest BCUT2D eigenvalue weighted by Gasteiger charge is -2.05. The quantitative estimate of drug-likeness (QED) is 0.887. The summed E-state index contributed by atoms with van der Waals surface area (Å²) in [5, 5.41) is 6.92. The Morgan fingerprint density at radius 2 is 2.14 bits per heavy atom. The summed E-state index contributed by atoms with van der Waals surface area (Å²) in [4.78, 5) is 4.23. The van der Waals surface area contributed by atoms with Gasteiger partial charge in [-0.1, -0.05) is 11.2 Å². The fourth-order valence-electron chi connectivity index (χ4n) is 1.64. The maximum Gasteiger partial charge on any atom is 0.387 e. The lowest BCUT2D eigenvalue weighted by molar-refractivity contribution is -0.0498. The first-order valence-electron chi connectivity index (χ1n) is 6.13.